The number of likely N-dealkylation sites (tertiary alicyclic amines) is 1. The molecule has 0 aliphatic carbocycles. The molecule has 1 saturated heterocycles. The summed E-state index contributed by atoms with van der Waals surface area (Å²) in [7, 11) is -3.35. The number of hydrogen-bond acceptors (Lipinski definition) is 5. The number of sulfonamides is 1. The Bertz CT molecular complexity index is 1190. The van der Waals surface area contributed by atoms with Gasteiger partial charge in [-0.3, -0.25) is 14.3 Å². The van der Waals surface area contributed by atoms with Gasteiger partial charge in [0.15, 0.2) is 0 Å². The van der Waals surface area contributed by atoms with Crippen LogP contribution < -0.4 is 4.72 Å². The Balaban J connectivity index is 1.31. The molecule has 1 N–H and O–H groups in total. The number of piperidine rings is 1. The van der Waals surface area contributed by atoms with E-state index in [0.29, 0.717) is 23.8 Å². The zero-order valence-electron chi connectivity index (χ0n) is 19.0. The van der Waals surface area contributed by atoms with Crippen molar-refractivity contribution in [3.8, 4) is 0 Å². The van der Waals surface area contributed by atoms with Gasteiger partial charge in [0, 0.05) is 24.0 Å². The summed E-state index contributed by atoms with van der Waals surface area (Å²) < 4.78 is 42.1. The monoisotopic (exact) mass is 471 g/mol. The minimum atomic E-state index is -3.35. The average molecular weight is 472 g/mol. The molecular weight excluding hydrogens is 441 g/mol. The van der Waals surface area contributed by atoms with Crippen molar-refractivity contribution < 1.29 is 12.8 Å². The van der Waals surface area contributed by atoms with Gasteiger partial charge in [0.25, 0.3) is 0 Å². The van der Waals surface area contributed by atoms with Crippen LogP contribution in [0.2, 0.25) is 0 Å². The van der Waals surface area contributed by atoms with Crippen LogP contribution in [0.4, 0.5) is 10.1 Å². The van der Waals surface area contributed by atoms with Crippen LogP contribution in [0.5, 0.6) is 0 Å². The summed E-state index contributed by atoms with van der Waals surface area (Å²) in [5, 5.41) is 3.92. The Kier molecular flexibility index (Phi) is 7.09. The molecule has 7 nitrogen and oxygen atoms in total. The van der Waals surface area contributed by atoms with Crippen molar-refractivity contribution >= 4 is 15.7 Å². The molecule has 0 atom stereocenters. The highest BCUT2D eigenvalue weighted by molar-refractivity contribution is 7.93. The fraction of sp³-hybridized carbons (Fsp3) is 0.417. The lowest BCUT2D eigenvalue weighted by atomic mass is 9.89. The van der Waals surface area contributed by atoms with Crippen molar-refractivity contribution in [3.63, 3.8) is 0 Å². The van der Waals surface area contributed by atoms with Gasteiger partial charge in [-0.2, -0.15) is 9.49 Å². The summed E-state index contributed by atoms with van der Waals surface area (Å²) in [6.45, 7) is 6.52. The maximum absolute atomic E-state index is 13.3. The van der Waals surface area contributed by atoms with Gasteiger partial charge in [0.05, 0.1) is 23.7 Å². The molecule has 176 valence electrons. The first-order chi connectivity index (χ1) is 15.8. The lowest BCUT2D eigenvalue weighted by Gasteiger charge is -2.32. The Morgan fingerprint density at radius 3 is 2.61 bits per heavy atom. The highest BCUT2D eigenvalue weighted by Crippen LogP contribution is 2.30. The van der Waals surface area contributed by atoms with Crippen LogP contribution in [0.15, 0.2) is 54.9 Å². The van der Waals surface area contributed by atoms with Crippen molar-refractivity contribution in [3.05, 3.63) is 77.6 Å². The topological polar surface area (TPSA) is 80.1 Å². The molecular formula is C24H30FN5O2S. The van der Waals surface area contributed by atoms with Gasteiger partial charge in [0.2, 0.25) is 16.0 Å². The number of pyridine rings is 1. The molecule has 4 rings (SSSR count). The van der Waals surface area contributed by atoms with E-state index >= 15 is 0 Å². The highest BCUT2D eigenvalue weighted by Gasteiger charge is 2.22. The first-order valence-corrected chi connectivity index (χ1v) is 12.8. The molecule has 1 aliphatic rings. The van der Waals surface area contributed by atoms with E-state index in [1.807, 2.05) is 24.5 Å². The van der Waals surface area contributed by atoms with E-state index in [1.54, 1.807) is 36.7 Å². The number of anilines is 1. The number of rotatable bonds is 8. The second kappa shape index (κ2) is 10.0. The fourth-order valence-electron chi connectivity index (χ4n) is 4.10. The van der Waals surface area contributed by atoms with E-state index in [0.717, 1.165) is 38.0 Å². The minimum Gasteiger partial charge on any atom is -0.299 e. The smallest absolute Gasteiger partial charge is 0.235 e. The summed E-state index contributed by atoms with van der Waals surface area (Å²) in [4.78, 5) is 6.30. The van der Waals surface area contributed by atoms with Crippen molar-refractivity contribution in [1.82, 2.24) is 19.7 Å². The Labute approximate surface area is 194 Å². The normalized spacial score (nSPS) is 15.8. The molecule has 0 bridgehead atoms. The minimum absolute atomic E-state index is 0.409. The first kappa shape index (κ1) is 23.4. The molecule has 1 fully saturated rings. The predicted molar refractivity (Wildman–Crippen MR) is 127 cm³/mol. The van der Waals surface area contributed by atoms with Crippen molar-refractivity contribution in [2.24, 2.45) is 0 Å². The third-order valence-corrected chi connectivity index (χ3v) is 7.78. The molecule has 3 aromatic rings. The predicted octanol–water partition coefficient (Wildman–Crippen LogP) is 4.00. The second-order valence-electron chi connectivity index (χ2n) is 8.87. The van der Waals surface area contributed by atoms with Gasteiger partial charge >= 0.3 is 0 Å². The van der Waals surface area contributed by atoms with Gasteiger partial charge in [0.1, 0.15) is 0 Å². The number of benzene rings is 1. The molecule has 1 aromatic carbocycles. The van der Waals surface area contributed by atoms with Crippen LogP contribution >= 0.6 is 0 Å². The molecule has 2 aromatic heterocycles. The van der Waals surface area contributed by atoms with Gasteiger partial charge in [-0.25, -0.2) is 13.4 Å². The van der Waals surface area contributed by atoms with Crippen LogP contribution in [0.3, 0.4) is 0 Å². The van der Waals surface area contributed by atoms with E-state index < -0.39 is 21.2 Å². The molecule has 3 heterocycles. The molecule has 0 amide bonds. The summed E-state index contributed by atoms with van der Waals surface area (Å²) in [5.74, 6) is -0.0721. The van der Waals surface area contributed by atoms with Crippen LogP contribution in [0.1, 0.15) is 49.4 Å². The van der Waals surface area contributed by atoms with Crippen molar-refractivity contribution in [2.45, 2.75) is 50.9 Å². The lowest BCUT2D eigenvalue weighted by molar-refractivity contribution is 0.204. The Morgan fingerprint density at radius 2 is 1.88 bits per heavy atom. The summed E-state index contributed by atoms with van der Waals surface area (Å²) in [6, 6.07) is 12.5. The molecule has 1 aliphatic heterocycles. The van der Waals surface area contributed by atoms with E-state index in [1.165, 1.54) is 11.6 Å². The van der Waals surface area contributed by atoms with Gasteiger partial charge in [-0.05, 0) is 75.5 Å². The summed E-state index contributed by atoms with van der Waals surface area (Å²) >= 11 is 0. The first-order valence-electron chi connectivity index (χ1n) is 11.3. The average Bonchev–Trinajstić information content (AvgIpc) is 3.20. The van der Waals surface area contributed by atoms with Crippen LogP contribution in [0, 0.1) is 5.95 Å². The fourth-order valence-corrected chi connectivity index (χ4v) is 4.79. The largest absolute Gasteiger partial charge is 0.299 e. The maximum Gasteiger partial charge on any atom is 0.235 e. The molecule has 0 unspecified atom stereocenters. The number of nitrogens with zero attached hydrogens (tertiary/aromatic N) is 4. The third-order valence-electron chi connectivity index (χ3n) is 6.02. The summed E-state index contributed by atoms with van der Waals surface area (Å²) in [5.41, 5.74) is 3.57. The number of hydrogen-bond donors (Lipinski definition) is 1. The van der Waals surface area contributed by atoms with Gasteiger partial charge < -0.3 is 0 Å². The lowest BCUT2D eigenvalue weighted by Crippen LogP contribution is -2.32. The second-order valence-corrected chi connectivity index (χ2v) is 11.1. The van der Waals surface area contributed by atoms with Gasteiger partial charge in [-0.1, -0.05) is 18.2 Å². The van der Waals surface area contributed by atoms with Crippen LogP contribution in [-0.2, 0) is 23.1 Å². The molecule has 0 radical (unpaired) electrons. The van der Waals surface area contributed by atoms with Crippen molar-refractivity contribution in [1.29, 1.82) is 0 Å². The van der Waals surface area contributed by atoms with E-state index in [4.69, 9.17) is 0 Å². The number of nitrogens with one attached hydrogen (secondary N) is 1. The zero-order valence-corrected chi connectivity index (χ0v) is 19.8. The quantitative estimate of drug-likeness (QED) is 0.503. The Hall–Kier alpha value is -2.78. The SMILES string of the molecule is CC(C)S(=O)(=O)Nc1cccc(C2CCN(Cc3cnn(Cc4cccc(F)n4)c3)CC2)c1. The van der Waals surface area contributed by atoms with Gasteiger partial charge in [-0.15, -0.1) is 0 Å². The molecule has 0 spiro atoms. The molecule has 0 saturated carbocycles. The van der Waals surface area contributed by atoms with Crippen molar-refractivity contribution in [2.75, 3.05) is 17.8 Å². The van der Waals surface area contributed by atoms with E-state index in [9.17, 15) is 12.8 Å². The third kappa shape index (κ3) is 6.17. The standard InChI is InChI=1S/C24H30FN5O2S/c1-18(2)33(31,32)28-22-6-3-5-21(13-22)20-9-11-29(12-10-20)15-19-14-26-30(16-19)17-23-7-4-8-24(25)27-23/h3-8,13-14,16,18,20,28H,9-12,15,17H2,1-2H3. The molecule has 9 heteroatoms. The number of aromatic nitrogens is 3. The zero-order chi connectivity index (χ0) is 23.4. The maximum atomic E-state index is 13.3. The Morgan fingerprint density at radius 1 is 1.12 bits per heavy atom. The van der Waals surface area contributed by atoms with E-state index in [2.05, 4.69) is 25.8 Å². The van der Waals surface area contributed by atoms with E-state index in [-0.39, 0.29) is 0 Å². The summed E-state index contributed by atoms with van der Waals surface area (Å²) in [6.07, 6.45) is 5.88. The van der Waals surface area contributed by atoms with Crippen LogP contribution in [0.25, 0.3) is 0 Å². The molecule has 33 heavy (non-hydrogen) atoms. The number of halogens is 1. The highest BCUT2D eigenvalue weighted by atomic mass is 32.2. The van der Waals surface area contributed by atoms with Crippen LogP contribution in [-0.4, -0.2) is 46.4 Å².